The minimum atomic E-state index is -0.422. The summed E-state index contributed by atoms with van der Waals surface area (Å²) >= 11 is 0. The Morgan fingerprint density at radius 2 is 2.30 bits per heavy atom. The van der Waals surface area contributed by atoms with Crippen molar-refractivity contribution < 1.29 is 4.79 Å². The van der Waals surface area contributed by atoms with Crippen LogP contribution in [-0.2, 0) is 11.3 Å². The van der Waals surface area contributed by atoms with E-state index in [0.717, 1.165) is 4.68 Å². The maximum absolute atomic E-state index is 12.0. The van der Waals surface area contributed by atoms with Crippen molar-refractivity contribution >= 4 is 17.5 Å². The molecule has 0 aromatic carbocycles. The Hall–Kier alpha value is -2.97. The summed E-state index contributed by atoms with van der Waals surface area (Å²) in [5.41, 5.74) is 0.112. The molecule has 3 heterocycles. The first-order chi connectivity index (χ1) is 9.63. The summed E-state index contributed by atoms with van der Waals surface area (Å²) in [7, 11) is 0. The molecular weight excluding hydrogens is 262 g/mol. The molecule has 9 heteroatoms. The quantitative estimate of drug-likeness (QED) is 0.672. The van der Waals surface area contributed by atoms with Crippen LogP contribution in [0.15, 0.2) is 29.2 Å². The van der Waals surface area contributed by atoms with Crippen LogP contribution in [0.25, 0.3) is 5.65 Å². The van der Waals surface area contributed by atoms with Crippen LogP contribution in [0, 0.1) is 6.92 Å². The Kier molecular flexibility index (Phi) is 2.78. The van der Waals surface area contributed by atoms with Crippen molar-refractivity contribution in [2.45, 2.75) is 13.5 Å². The van der Waals surface area contributed by atoms with E-state index in [9.17, 15) is 9.59 Å². The number of anilines is 1. The van der Waals surface area contributed by atoms with E-state index in [1.807, 2.05) is 0 Å². The number of nitrogens with one attached hydrogen (secondary N) is 2. The van der Waals surface area contributed by atoms with Crippen LogP contribution in [0.5, 0.6) is 0 Å². The maximum atomic E-state index is 12.0. The zero-order valence-electron chi connectivity index (χ0n) is 10.6. The first-order valence-corrected chi connectivity index (χ1v) is 5.86. The van der Waals surface area contributed by atoms with Crippen molar-refractivity contribution in [3.8, 4) is 0 Å². The van der Waals surface area contributed by atoms with Gasteiger partial charge in [-0.1, -0.05) is 6.07 Å². The number of amides is 1. The molecule has 0 fully saturated rings. The van der Waals surface area contributed by atoms with Gasteiger partial charge in [0.2, 0.25) is 11.9 Å². The summed E-state index contributed by atoms with van der Waals surface area (Å²) in [6.45, 7) is 1.52. The third-order valence-electron chi connectivity index (χ3n) is 2.63. The average molecular weight is 273 g/mol. The van der Waals surface area contributed by atoms with Crippen LogP contribution in [0.3, 0.4) is 0 Å². The SMILES string of the molecule is Cc1nc(NC(=O)Cn2nc3ccccn3c2=O)n[nH]1. The summed E-state index contributed by atoms with van der Waals surface area (Å²) in [6.07, 6.45) is 1.59. The highest BCUT2D eigenvalue weighted by Gasteiger charge is 2.11. The molecule has 0 radical (unpaired) electrons. The number of carbonyl (C=O) groups is 1. The van der Waals surface area contributed by atoms with E-state index >= 15 is 0 Å². The number of aromatic nitrogens is 6. The highest BCUT2D eigenvalue weighted by molar-refractivity contribution is 5.88. The maximum Gasteiger partial charge on any atom is 0.350 e. The van der Waals surface area contributed by atoms with Crippen molar-refractivity contribution in [3.05, 3.63) is 40.7 Å². The normalized spacial score (nSPS) is 10.8. The summed E-state index contributed by atoms with van der Waals surface area (Å²) in [6, 6.07) is 5.17. The minimum Gasteiger partial charge on any atom is -0.292 e. The zero-order valence-corrected chi connectivity index (χ0v) is 10.6. The molecule has 9 nitrogen and oxygen atoms in total. The van der Waals surface area contributed by atoms with E-state index in [1.165, 1.54) is 4.40 Å². The molecule has 0 unspecified atom stereocenters. The molecular formula is C11H11N7O2. The van der Waals surface area contributed by atoms with Gasteiger partial charge in [-0.2, -0.15) is 4.98 Å². The number of hydrogen-bond acceptors (Lipinski definition) is 5. The number of nitrogens with zero attached hydrogens (tertiary/aromatic N) is 5. The number of aryl methyl sites for hydroxylation is 1. The second-order valence-corrected chi connectivity index (χ2v) is 4.16. The summed E-state index contributed by atoms with van der Waals surface area (Å²) in [4.78, 5) is 27.7. The molecule has 3 aromatic heterocycles. The summed E-state index contributed by atoms with van der Waals surface area (Å²) < 4.78 is 2.45. The van der Waals surface area contributed by atoms with Crippen molar-refractivity contribution in [2.75, 3.05) is 5.32 Å². The van der Waals surface area contributed by atoms with E-state index in [-0.39, 0.29) is 18.2 Å². The summed E-state index contributed by atoms with van der Waals surface area (Å²) in [5.74, 6) is 0.337. The van der Waals surface area contributed by atoms with Gasteiger partial charge in [-0.05, 0) is 19.1 Å². The van der Waals surface area contributed by atoms with Crippen LogP contribution in [-0.4, -0.2) is 35.3 Å². The van der Waals surface area contributed by atoms with E-state index in [1.54, 1.807) is 31.3 Å². The van der Waals surface area contributed by atoms with E-state index in [2.05, 4.69) is 25.6 Å². The van der Waals surface area contributed by atoms with Crippen LogP contribution in [0.2, 0.25) is 0 Å². The van der Waals surface area contributed by atoms with E-state index < -0.39 is 5.91 Å². The number of carbonyl (C=O) groups excluding carboxylic acids is 1. The molecule has 2 N–H and O–H groups in total. The van der Waals surface area contributed by atoms with Gasteiger partial charge in [0.1, 0.15) is 12.4 Å². The van der Waals surface area contributed by atoms with Gasteiger partial charge < -0.3 is 0 Å². The van der Waals surface area contributed by atoms with Gasteiger partial charge in [0.25, 0.3) is 0 Å². The standard InChI is InChI=1S/C11H11N7O2/c1-7-12-10(15-14-7)13-9(19)6-18-11(20)17-5-3-2-4-8(17)16-18/h2-5H,6H2,1H3,(H2,12,13,14,15,19). The molecule has 0 atom stereocenters. The zero-order chi connectivity index (χ0) is 14.1. The van der Waals surface area contributed by atoms with Crippen LogP contribution >= 0.6 is 0 Å². The molecule has 0 spiro atoms. The molecule has 20 heavy (non-hydrogen) atoms. The topological polar surface area (TPSA) is 110 Å². The van der Waals surface area contributed by atoms with Crippen LogP contribution < -0.4 is 11.0 Å². The molecule has 1 amide bonds. The third kappa shape index (κ3) is 2.16. The minimum absolute atomic E-state index is 0.171. The Morgan fingerprint density at radius 1 is 1.45 bits per heavy atom. The second kappa shape index (κ2) is 4.61. The van der Waals surface area contributed by atoms with Crippen molar-refractivity contribution in [3.63, 3.8) is 0 Å². The number of rotatable bonds is 3. The largest absolute Gasteiger partial charge is 0.350 e. The lowest BCUT2D eigenvalue weighted by molar-refractivity contribution is -0.117. The van der Waals surface area contributed by atoms with Crippen molar-refractivity contribution in [1.29, 1.82) is 0 Å². The van der Waals surface area contributed by atoms with Gasteiger partial charge in [0.15, 0.2) is 5.65 Å². The lowest BCUT2D eigenvalue weighted by atomic mass is 10.5. The summed E-state index contributed by atoms with van der Waals surface area (Å²) in [5, 5.41) is 12.9. The molecule has 102 valence electrons. The Bertz CT molecular complexity index is 829. The van der Waals surface area contributed by atoms with Gasteiger partial charge in [-0.3, -0.25) is 19.6 Å². The fourth-order valence-electron chi connectivity index (χ4n) is 1.77. The van der Waals surface area contributed by atoms with Gasteiger partial charge in [0.05, 0.1) is 0 Å². The number of fused-ring (bicyclic) bond motifs is 1. The van der Waals surface area contributed by atoms with Gasteiger partial charge in [-0.15, -0.1) is 10.2 Å². The Labute approximate surface area is 112 Å². The van der Waals surface area contributed by atoms with Gasteiger partial charge in [0, 0.05) is 6.20 Å². The fourth-order valence-corrected chi connectivity index (χ4v) is 1.77. The number of hydrogen-bond donors (Lipinski definition) is 2. The Balaban J connectivity index is 1.81. The van der Waals surface area contributed by atoms with Crippen molar-refractivity contribution in [1.82, 2.24) is 29.4 Å². The molecule has 0 saturated carbocycles. The molecule has 3 rings (SSSR count). The molecule has 0 bridgehead atoms. The molecule has 0 aliphatic heterocycles. The van der Waals surface area contributed by atoms with Gasteiger partial charge in [-0.25, -0.2) is 9.48 Å². The lowest BCUT2D eigenvalue weighted by Gasteiger charge is -1.99. The smallest absolute Gasteiger partial charge is 0.292 e. The number of H-pyrrole nitrogens is 1. The van der Waals surface area contributed by atoms with E-state index in [0.29, 0.717) is 11.5 Å². The monoisotopic (exact) mass is 273 g/mol. The Morgan fingerprint density at radius 3 is 3.00 bits per heavy atom. The van der Waals surface area contributed by atoms with Crippen LogP contribution in [0.1, 0.15) is 5.82 Å². The highest BCUT2D eigenvalue weighted by Crippen LogP contribution is 1.98. The molecule has 3 aromatic rings. The fraction of sp³-hybridized carbons (Fsp3) is 0.182. The number of pyridine rings is 1. The highest BCUT2D eigenvalue weighted by atomic mass is 16.2. The number of aromatic amines is 1. The molecule has 0 aliphatic carbocycles. The van der Waals surface area contributed by atoms with E-state index in [4.69, 9.17) is 0 Å². The molecule has 0 aliphatic rings. The van der Waals surface area contributed by atoms with Gasteiger partial charge >= 0.3 is 5.69 Å². The second-order valence-electron chi connectivity index (χ2n) is 4.16. The average Bonchev–Trinajstić information content (AvgIpc) is 2.95. The lowest BCUT2D eigenvalue weighted by Crippen LogP contribution is -2.28. The third-order valence-corrected chi connectivity index (χ3v) is 2.63. The predicted octanol–water partition coefficient (Wildman–Crippen LogP) is -0.439. The first-order valence-electron chi connectivity index (χ1n) is 5.86. The predicted molar refractivity (Wildman–Crippen MR) is 69.2 cm³/mol. The molecule has 0 saturated heterocycles. The first kappa shape index (κ1) is 12.1. The van der Waals surface area contributed by atoms with Crippen LogP contribution in [0.4, 0.5) is 5.95 Å². The van der Waals surface area contributed by atoms with Crippen molar-refractivity contribution in [2.24, 2.45) is 0 Å².